The van der Waals surface area contributed by atoms with E-state index in [1.807, 2.05) is 13.8 Å². The summed E-state index contributed by atoms with van der Waals surface area (Å²) in [5.74, 6) is 1.90. The Morgan fingerprint density at radius 3 is 2.53 bits per heavy atom. The summed E-state index contributed by atoms with van der Waals surface area (Å²) in [7, 11) is -2.84. The second-order valence-corrected chi connectivity index (χ2v) is 7.49. The monoisotopic (exact) mass is 303 g/mol. The van der Waals surface area contributed by atoms with E-state index in [1.165, 1.54) is 0 Å². The molecule has 1 aromatic heterocycles. The molecule has 0 spiro atoms. The molecule has 2 rings (SSSR count). The van der Waals surface area contributed by atoms with Gasteiger partial charge in [-0.15, -0.1) is 0 Å². The average Bonchev–Trinajstić information content (AvgIpc) is 2.37. The number of aromatic nitrogens is 2. The summed E-state index contributed by atoms with van der Waals surface area (Å²) in [4.78, 5) is 8.61. The summed E-state index contributed by atoms with van der Waals surface area (Å²) < 4.78 is 22.8. The van der Waals surface area contributed by atoms with Gasteiger partial charge in [-0.3, -0.25) is 0 Å². The molecule has 0 saturated carbocycles. The third-order valence-corrected chi connectivity index (χ3v) is 5.43. The predicted molar refractivity (Wildman–Crippen MR) is 76.5 cm³/mol. The molecule has 1 aromatic rings. The maximum atomic E-state index is 11.4. The van der Waals surface area contributed by atoms with Crippen LogP contribution in [0.25, 0.3) is 0 Å². The Morgan fingerprint density at radius 2 is 1.95 bits per heavy atom. The van der Waals surface area contributed by atoms with Crippen LogP contribution >= 0.6 is 11.6 Å². The lowest BCUT2D eigenvalue weighted by Crippen LogP contribution is -2.32. The molecular formula is C12H18ClN3O2S. The Hall–Kier alpha value is -0.880. The number of anilines is 1. The lowest BCUT2D eigenvalue weighted by atomic mass is 10.1. The molecule has 1 fully saturated rings. The first-order chi connectivity index (χ1) is 8.91. The van der Waals surface area contributed by atoms with Crippen molar-refractivity contribution in [2.24, 2.45) is 0 Å². The van der Waals surface area contributed by atoms with E-state index in [2.05, 4.69) is 15.3 Å². The maximum absolute atomic E-state index is 11.4. The summed E-state index contributed by atoms with van der Waals surface area (Å²) in [6.45, 7) is 3.83. The van der Waals surface area contributed by atoms with Crippen molar-refractivity contribution in [3.63, 3.8) is 0 Å². The number of sulfone groups is 1. The standard InChI is InChI=1S/C12H18ClN3O2S/c1-3-10-15-11(13)8(2)12(16-10)14-9-4-6-19(17,18)7-5-9/h9H,3-7H2,1-2H3,(H,14,15,16). The van der Waals surface area contributed by atoms with E-state index < -0.39 is 9.84 Å². The van der Waals surface area contributed by atoms with Gasteiger partial charge in [0.25, 0.3) is 0 Å². The molecule has 19 heavy (non-hydrogen) atoms. The van der Waals surface area contributed by atoms with Crippen LogP contribution in [0.4, 0.5) is 5.82 Å². The summed E-state index contributed by atoms with van der Waals surface area (Å²) in [6.07, 6.45) is 1.95. The Balaban J connectivity index is 2.13. The lowest BCUT2D eigenvalue weighted by molar-refractivity contribution is 0.558. The van der Waals surface area contributed by atoms with Crippen LogP contribution in [0.2, 0.25) is 5.15 Å². The minimum Gasteiger partial charge on any atom is -0.367 e. The number of aryl methyl sites for hydroxylation is 1. The van der Waals surface area contributed by atoms with Gasteiger partial charge in [0.1, 0.15) is 26.6 Å². The molecule has 5 nitrogen and oxygen atoms in total. The van der Waals surface area contributed by atoms with Gasteiger partial charge in [0, 0.05) is 18.0 Å². The molecule has 7 heteroatoms. The minimum atomic E-state index is -2.84. The molecule has 0 unspecified atom stereocenters. The van der Waals surface area contributed by atoms with Crippen molar-refractivity contribution in [2.75, 3.05) is 16.8 Å². The SMILES string of the molecule is CCc1nc(Cl)c(C)c(NC2CCS(=O)(=O)CC2)n1. The highest BCUT2D eigenvalue weighted by Crippen LogP contribution is 2.23. The van der Waals surface area contributed by atoms with Crippen molar-refractivity contribution in [3.05, 3.63) is 16.5 Å². The first-order valence-electron chi connectivity index (χ1n) is 6.41. The molecule has 0 amide bonds. The van der Waals surface area contributed by atoms with Gasteiger partial charge in [-0.05, 0) is 19.8 Å². The minimum absolute atomic E-state index is 0.137. The topological polar surface area (TPSA) is 72.0 Å². The zero-order valence-electron chi connectivity index (χ0n) is 11.1. The number of nitrogens with zero attached hydrogens (tertiary/aromatic N) is 2. The fraction of sp³-hybridized carbons (Fsp3) is 0.667. The van der Waals surface area contributed by atoms with E-state index >= 15 is 0 Å². The third-order valence-electron chi connectivity index (χ3n) is 3.34. The van der Waals surface area contributed by atoms with Gasteiger partial charge < -0.3 is 5.32 Å². The molecule has 0 aliphatic carbocycles. The van der Waals surface area contributed by atoms with Gasteiger partial charge in [-0.25, -0.2) is 18.4 Å². The lowest BCUT2D eigenvalue weighted by Gasteiger charge is -2.24. The van der Waals surface area contributed by atoms with Gasteiger partial charge in [-0.1, -0.05) is 18.5 Å². The van der Waals surface area contributed by atoms with Crippen LogP contribution in [0.15, 0.2) is 0 Å². The fourth-order valence-electron chi connectivity index (χ4n) is 2.06. The van der Waals surface area contributed by atoms with Gasteiger partial charge in [0.15, 0.2) is 0 Å². The van der Waals surface area contributed by atoms with Crippen molar-refractivity contribution in [3.8, 4) is 0 Å². The molecule has 1 saturated heterocycles. The number of rotatable bonds is 3. The van der Waals surface area contributed by atoms with Crippen LogP contribution < -0.4 is 5.32 Å². The van der Waals surface area contributed by atoms with Crippen molar-refractivity contribution in [2.45, 2.75) is 39.2 Å². The second kappa shape index (κ2) is 5.63. The largest absolute Gasteiger partial charge is 0.367 e. The van der Waals surface area contributed by atoms with Crippen molar-refractivity contribution < 1.29 is 8.42 Å². The van der Waals surface area contributed by atoms with Gasteiger partial charge in [-0.2, -0.15) is 0 Å². The second-order valence-electron chi connectivity index (χ2n) is 4.83. The molecule has 0 atom stereocenters. The Kier molecular flexibility index (Phi) is 4.30. The van der Waals surface area contributed by atoms with Crippen molar-refractivity contribution in [1.29, 1.82) is 0 Å². The zero-order valence-corrected chi connectivity index (χ0v) is 12.7. The number of hydrogen-bond donors (Lipinski definition) is 1. The number of halogens is 1. The van der Waals surface area contributed by atoms with E-state index in [4.69, 9.17) is 11.6 Å². The van der Waals surface area contributed by atoms with E-state index in [-0.39, 0.29) is 17.5 Å². The molecule has 106 valence electrons. The number of nitrogens with one attached hydrogen (secondary N) is 1. The molecule has 0 aromatic carbocycles. The Labute approximate surface area is 118 Å². The molecule has 0 radical (unpaired) electrons. The predicted octanol–water partition coefficient (Wildman–Crippen LogP) is 1.99. The molecule has 1 aliphatic rings. The zero-order chi connectivity index (χ0) is 14.0. The molecule has 2 heterocycles. The van der Waals surface area contributed by atoms with Crippen LogP contribution in [-0.4, -0.2) is 35.9 Å². The summed E-state index contributed by atoms with van der Waals surface area (Å²) in [5.41, 5.74) is 0.812. The molecular weight excluding hydrogens is 286 g/mol. The highest BCUT2D eigenvalue weighted by Gasteiger charge is 2.24. The summed E-state index contributed by atoms with van der Waals surface area (Å²) in [5, 5.41) is 3.76. The number of hydrogen-bond acceptors (Lipinski definition) is 5. The molecule has 1 N–H and O–H groups in total. The van der Waals surface area contributed by atoms with Gasteiger partial charge in [0.2, 0.25) is 0 Å². The Bertz CT molecular complexity index is 561. The van der Waals surface area contributed by atoms with Crippen LogP contribution in [0.3, 0.4) is 0 Å². The molecule has 1 aliphatic heterocycles. The quantitative estimate of drug-likeness (QED) is 0.865. The highest BCUT2D eigenvalue weighted by atomic mass is 35.5. The first-order valence-corrected chi connectivity index (χ1v) is 8.61. The summed E-state index contributed by atoms with van der Waals surface area (Å²) in [6, 6.07) is 0.137. The van der Waals surface area contributed by atoms with Crippen molar-refractivity contribution in [1.82, 2.24) is 9.97 Å². The van der Waals surface area contributed by atoms with Crippen molar-refractivity contribution >= 4 is 27.3 Å². The van der Waals surface area contributed by atoms with E-state index in [0.29, 0.717) is 30.2 Å². The smallest absolute Gasteiger partial charge is 0.150 e. The van der Waals surface area contributed by atoms with Crippen LogP contribution in [0, 0.1) is 6.92 Å². The van der Waals surface area contributed by atoms with Crippen LogP contribution in [-0.2, 0) is 16.3 Å². The van der Waals surface area contributed by atoms with Crippen LogP contribution in [0.1, 0.15) is 31.2 Å². The third kappa shape index (κ3) is 3.57. The fourth-order valence-corrected chi connectivity index (χ4v) is 3.74. The van der Waals surface area contributed by atoms with E-state index in [1.54, 1.807) is 0 Å². The van der Waals surface area contributed by atoms with E-state index in [0.717, 1.165) is 11.4 Å². The average molecular weight is 304 g/mol. The van der Waals surface area contributed by atoms with Gasteiger partial charge >= 0.3 is 0 Å². The Morgan fingerprint density at radius 1 is 1.32 bits per heavy atom. The normalized spacial score (nSPS) is 19.3. The first kappa shape index (κ1) is 14.5. The highest BCUT2D eigenvalue weighted by molar-refractivity contribution is 7.91. The maximum Gasteiger partial charge on any atom is 0.150 e. The summed E-state index contributed by atoms with van der Waals surface area (Å²) >= 11 is 6.07. The van der Waals surface area contributed by atoms with E-state index in [9.17, 15) is 8.42 Å². The molecule has 0 bridgehead atoms. The van der Waals surface area contributed by atoms with Gasteiger partial charge in [0.05, 0.1) is 11.5 Å². The van der Waals surface area contributed by atoms with Crippen LogP contribution in [0.5, 0.6) is 0 Å².